The highest BCUT2D eigenvalue weighted by Crippen LogP contribution is 2.14. The Labute approximate surface area is 92.5 Å². The minimum Gasteiger partial charge on any atom is -0.508 e. The Hall–Kier alpha value is -1.02. The molecule has 0 aliphatic heterocycles. The van der Waals surface area contributed by atoms with Crippen LogP contribution in [0.4, 0.5) is 0 Å². The van der Waals surface area contributed by atoms with Gasteiger partial charge in [0.1, 0.15) is 5.75 Å². The van der Waals surface area contributed by atoms with Crippen molar-refractivity contribution in [1.82, 2.24) is 4.90 Å². The molecule has 0 bridgehead atoms. The molecule has 0 unspecified atom stereocenters. The van der Waals surface area contributed by atoms with Crippen LogP contribution in [0.3, 0.4) is 0 Å². The molecule has 0 fully saturated rings. The van der Waals surface area contributed by atoms with Gasteiger partial charge in [-0.25, -0.2) is 0 Å². The molecule has 0 aromatic heterocycles. The van der Waals surface area contributed by atoms with E-state index in [2.05, 4.69) is 25.8 Å². The quantitative estimate of drug-likeness (QED) is 0.802. The number of rotatable bonds is 5. The van der Waals surface area contributed by atoms with E-state index >= 15 is 0 Å². The third-order valence-electron chi connectivity index (χ3n) is 2.93. The number of benzene rings is 1. The molecule has 1 rings (SSSR count). The topological polar surface area (TPSA) is 23.5 Å². The Kier molecular flexibility index (Phi) is 4.63. The average molecular weight is 207 g/mol. The minimum atomic E-state index is 0.337. The first-order valence-electron chi connectivity index (χ1n) is 5.65. The second-order valence-electron chi connectivity index (χ2n) is 4.05. The van der Waals surface area contributed by atoms with Crippen molar-refractivity contribution >= 4 is 0 Å². The first kappa shape index (κ1) is 12.1. The molecule has 1 aromatic rings. The molecule has 0 amide bonds. The summed E-state index contributed by atoms with van der Waals surface area (Å²) < 4.78 is 0. The van der Waals surface area contributed by atoms with Crippen LogP contribution >= 0.6 is 0 Å². The number of hydrogen-bond donors (Lipinski definition) is 1. The van der Waals surface area contributed by atoms with Crippen LogP contribution < -0.4 is 0 Å². The number of hydrogen-bond acceptors (Lipinski definition) is 2. The van der Waals surface area contributed by atoms with Crippen molar-refractivity contribution in [3.8, 4) is 5.75 Å². The molecule has 0 aliphatic carbocycles. The molecular weight excluding hydrogens is 186 g/mol. The van der Waals surface area contributed by atoms with Gasteiger partial charge in [0, 0.05) is 12.6 Å². The van der Waals surface area contributed by atoms with E-state index in [0.29, 0.717) is 11.8 Å². The second-order valence-corrected chi connectivity index (χ2v) is 4.05. The summed E-state index contributed by atoms with van der Waals surface area (Å²) in [6, 6.07) is 8.10. The number of phenols is 1. The molecule has 0 heterocycles. The van der Waals surface area contributed by atoms with Crippen molar-refractivity contribution in [2.24, 2.45) is 0 Å². The summed E-state index contributed by atoms with van der Waals surface area (Å²) in [5.74, 6) is 0.337. The van der Waals surface area contributed by atoms with Crippen LogP contribution in [0.2, 0.25) is 0 Å². The minimum absolute atomic E-state index is 0.337. The maximum atomic E-state index is 9.18. The lowest BCUT2D eigenvalue weighted by Crippen LogP contribution is -2.29. The molecule has 84 valence electrons. The zero-order valence-corrected chi connectivity index (χ0v) is 9.90. The fraction of sp³-hybridized carbons (Fsp3) is 0.538. The van der Waals surface area contributed by atoms with Crippen molar-refractivity contribution in [1.29, 1.82) is 0 Å². The van der Waals surface area contributed by atoms with Crippen LogP contribution in [0.5, 0.6) is 5.75 Å². The maximum absolute atomic E-state index is 9.18. The smallest absolute Gasteiger partial charge is 0.115 e. The normalized spacial score (nSPS) is 11.3. The highest BCUT2D eigenvalue weighted by Gasteiger charge is 2.10. The van der Waals surface area contributed by atoms with Gasteiger partial charge in [0.2, 0.25) is 0 Å². The van der Waals surface area contributed by atoms with E-state index in [-0.39, 0.29) is 0 Å². The van der Waals surface area contributed by atoms with Gasteiger partial charge >= 0.3 is 0 Å². The van der Waals surface area contributed by atoms with E-state index in [1.54, 1.807) is 12.1 Å². The molecule has 1 N–H and O–H groups in total. The number of phenolic OH excluding ortho intramolecular Hbond substituents is 1. The predicted octanol–water partition coefficient (Wildman–Crippen LogP) is 3.01. The lowest BCUT2D eigenvalue weighted by Gasteiger charge is -2.26. The zero-order chi connectivity index (χ0) is 11.3. The maximum Gasteiger partial charge on any atom is 0.115 e. The van der Waals surface area contributed by atoms with Gasteiger partial charge in [-0.15, -0.1) is 0 Å². The summed E-state index contributed by atoms with van der Waals surface area (Å²) in [5.41, 5.74) is 1.25. The standard InChI is InChI=1S/C13H21NO/c1-4-12(5-2)14(3)10-11-6-8-13(15)9-7-11/h6-9,12,15H,4-5,10H2,1-3H3. The fourth-order valence-electron chi connectivity index (χ4n) is 1.93. The molecule has 2 heteroatoms. The van der Waals surface area contributed by atoms with Gasteiger partial charge in [0.25, 0.3) is 0 Å². The van der Waals surface area contributed by atoms with Gasteiger partial charge in [0.15, 0.2) is 0 Å². The number of aromatic hydroxyl groups is 1. The Bertz CT molecular complexity index is 277. The third-order valence-corrected chi connectivity index (χ3v) is 2.93. The lowest BCUT2D eigenvalue weighted by atomic mass is 10.1. The largest absolute Gasteiger partial charge is 0.508 e. The monoisotopic (exact) mass is 207 g/mol. The Balaban J connectivity index is 2.57. The van der Waals surface area contributed by atoms with E-state index in [1.807, 2.05) is 12.1 Å². The van der Waals surface area contributed by atoms with Crippen LogP contribution in [0, 0.1) is 0 Å². The zero-order valence-electron chi connectivity index (χ0n) is 9.90. The summed E-state index contributed by atoms with van der Waals surface area (Å²) in [6.07, 6.45) is 2.37. The van der Waals surface area contributed by atoms with Gasteiger partial charge < -0.3 is 5.11 Å². The Morgan fingerprint density at radius 1 is 1.13 bits per heavy atom. The van der Waals surface area contributed by atoms with Crippen LogP contribution in [0.15, 0.2) is 24.3 Å². The molecule has 1 aromatic carbocycles. The van der Waals surface area contributed by atoms with E-state index in [9.17, 15) is 5.11 Å². The van der Waals surface area contributed by atoms with Crippen molar-refractivity contribution in [3.05, 3.63) is 29.8 Å². The molecule has 0 saturated heterocycles. The molecule has 0 radical (unpaired) electrons. The average Bonchev–Trinajstić information content (AvgIpc) is 2.23. The molecule has 2 nitrogen and oxygen atoms in total. The first-order chi connectivity index (χ1) is 7.17. The van der Waals surface area contributed by atoms with E-state index < -0.39 is 0 Å². The van der Waals surface area contributed by atoms with Gasteiger partial charge in [0.05, 0.1) is 0 Å². The molecule has 15 heavy (non-hydrogen) atoms. The van der Waals surface area contributed by atoms with E-state index in [0.717, 1.165) is 6.54 Å². The molecule has 0 saturated carbocycles. The van der Waals surface area contributed by atoms with Crippen LogP contribution in [-0.2, 0) is 6.54 Å². The summed E-state index contributed by atoms with van der Waals surface area (Å²) in [5, 5.41) is 9.18. The highest BCUT2D eigenvalue weighted by molar-refractivity contribution is 5.25. The fourth-order valence-corrected chi connectivity index (χ4v) is 1.93. The van der Waals surface area contributed by atoms with E-state index in [4.69, 9.17) is 0 Å². The van der Waals surface area contributed by atoms with Gasteiger partial charge in [-0.1, -0.05) is 26.0 Å². The molecular formula is C13H21NO. The van der Waals surface area contributed by atoms with Gasteiger partial charge in [-0.05, 0) is 37.6 Å². The highest BCUT2D eigenvalue weighted by atomic mass is 16.3. The predicted molar refractivity (Wildman–Crippen MR) is 63.9 cm³/mol. The molecule has 0 aliphatic rings. The van der Waals surface area contributed by atoms with Crippen molar-refractivity contribution in [3.63, 3.8) is 0 Å². The van der Waals surface area contributed by atoms with E-state index in [1.165, 1.54) is 18.4 Å². The lowest BCUT2D eigenvalue weighted by molar-refractivity contribution is 0.221. The van der Waals surface area contributed by atoms with Crippen LogP contribution in [0.25, 0.3) is 0 Å². The van der Waals surface area contributed by atoms with Crippen molar-refractivity contribution < 1.29 is 5.11 Å². The first-order valence-corrected chi connectivity index (χ1v) is 5.65. The Morgan fingerprint density at radius 3 is 2.13 bits per heavy atom. The molecule has 0 spiro atoms. The summed E-state index contributed by atoms with van der Waals surface area (Å²) >= 11 is 0. The van der Waals surface area contributed by atoms with Gasteiger partial charge in [-0.3, -0.25) is 4.90 Å². The SMILES string of the molecule is CCC(CC)N(C)Cc1ccc(O)cc1. The number of nitrogens with zero attached hydrogens (tertiary/aromatic N) is 1. The Morgan fingerprint density at radius 2 is 1.67 bits per heavy atom. The molecule has 0 atom stereocenters. The van der Waals surface area contributed by atoms with Crippen LogP contribution in [-0.4, -0.2) is 23.1 Å². The third kappa shape index (κ3) is 3.56. The van der Waals surface area contributed by atoms with Crippen molar-refractivity contribution in [2.45, 2.75) is 39.3 Å². The van der Waals surface area contributed by atoms with Crippen molar-refractivity contribution in [2.75, 3.05) is 7.05 Å². The summed E-state index contributed by atoms with van der Waals surface area (Å²) in [6.45, 7) is 5.40. The summed E-state index contributed by atoms with van der Waals surface area (Å²) in [4.78, 5) is 2.37. The second kappa shape index (κ2) is 5.76. The van der Waals surface area contributed by atoms with Crippen LogP contribution in [0.1, 0.15) is 32.3 Å². The summed E-state index contributed by atoms with van der Waals surface area (Å²) in [7, 11) is 2.16. The van der Waals surface area contributed by atoms with Gasteiger partial charge in [-0.2, -0.15) is 0 Å².